The summed E-state index contributed by atoms with van der Waals surface area (Å²) in [5.74, 6) is -0.0332. The molecule has 2 aliphatic rings. The molecule has 1 spiro atoms. The van der Waals surface area contributed by atoms with Gasteiger partial charge in [-0.1, -0.05) is 12.1 Å². The molecule has 4 heteroatoms. The van der Waals surface area contributed by atoms with Crippen molar-refractivity contribution in [2.45, 2.75) is 63.6 Å². The van der Waals surface area contributed by atoms with Crippen LogP contribution in [0.25, 0.3) is 0 Å². The molecular weight excluding hydrogens is 276 g/mol. The molecule has 22 heavy (non-hydrogen) atoms. The number of carbonyl (C=O) groups excluding carboxylic acids is 1. The number of anilines is 1. The van der Waals surface area contributed by atoms with Crippen LogP contribution in [0.2, 0.25) is 0 Å². The Morgan fingerprint density at radius 3 is 2.91 bits per heavy atom. The monoisotopic (exact) mass is 302 g/mol. The van der Waals surface area contributed by atoms with Crippen LogP contribution in [-0.2, 0) is 9.53 Å². The summed E-state index contributed by atoms with van der Waals surface area (Å²) in [5, 5.41) is 6.59. The molecule has 2 N–H and O–H groups in total. The topological polar surface area (TPSA) is 50.4 Å². The van der Waals surface area contributed by atoms with Crippen molar-refractivity contribution >= 4 is 11.6 Å². The van der Waals surface area contributed by atoms with Gasteiger partial charge in [-0.3, -0.25) is 4.79 Å². The SMILES string of the molecule is CC(=O)Nc1cccc([C@@H](C)N[C@@H]2CCOC3(CCC3)C2)c1. The van der Waals surface area contributed by atoms with E-state index in [0.717, 1.165) is 25.1 Å². The Morgan fingerprint density at radius 2 is 2.23 bits per heavy atom. The molecule has 1 aromatic rings. The maximum Gasteiger partial charge on any atom is 0.221 e. The summed E-state index contributed by atoms with van der Waals surface area (Å²) in [7, 11) is 0. The minimum absolute atomic E-state index is 0.0332. The molecule has 1 amide bonds. The van der Waals surface area contributed by atoms with Crippen LogP contribution in [0.1, 0.15) is 57.6 Å². The lowest BCUT2D eigenvalue weighted by molar-refractivity contribution is -0.136. The molecule has 0 aromatic heterocycles. The third-order valence-corrected chi connectivity index (χ3v) is 4.95. The van der Waals surface area contributed by atoms with Crippen LogP contribution in [0.5, 0.6) is 0 Å². The minimum Gasteiger partial charge on any atom is -0.375 e. The maximum atomic E-state index is 11.2. The minimum atomic E-state index is -0.0332. The summed E-state index contributed by atoms with van der Waals surface area (Å²) in [5.41, 5.74) is 2.25. The normalized spacial score (nSPS) is 24.5. The number of ether oxygens (including phenoxy) is 1. The summed E-state index contributed by atoms with van der Waals surface area (Å²) in [6, 6.07) is 8.88. The van der Waals surface area contributed by atoms with Crippen molar-refractivity contribution in [3.8, 4) is 0 Å². The Balaban J connectivity index is 1.61. The Morgan fingerprint density at radius 1 is 1.41 bits per heavy atom. The molecular formula is C18H26N2O2. The first-order valence-electron chi connectivity index (χ1n) is 8.34. The van der Waals surface area contributed by atoms with Crippen LogP contribution in [-0.4, -0.2) is 24.2 Å². The Hall–Kier alpha value is -1.39. The third kappa shape index (κ3) is 3.50. The number of hydrogen-bond acceptors (Lipinski definition) is 3. The molecule has 1 aliphatic carbocycles. The quantitative estimate of drug-likeness (QED) is 0.896. The van der Waals surface area contributed by atoms with E-state index in [0.29, 0.717) is 6.04 Å². The van der Waals surface area contributed by atoms with Gasteiger partial charge in [-0.05, 0) is 56.7 Å². The maximum absolute atomic E-state index is 11.2. The van der Waals surface area contributed by atoms with Crippen molar-refractivity contribution in [3.05, 3.63) is 29.8 Å². The van der Waals surface area contributed by atoms with E-state index in [1.54, 1.807) is 0 Å². The van der Waals surface area contributed by atoms with Gasteiger partial charge in [-0.15, -0.1) is 0 Å². The van der Waals surface area contributed by atoms with Crippen molar-refractivity contribution in [1.29, 1.82) is 0 Å². The van der Waals surface area contributed by atoms with Gasteiger partial charge in [0.15, 0.2) is 0 Å². The molecule has 3 rings (SSSR count). The highest BCUT2D eigenvalue weighted by atomic mass is 16.5. The molecule has 0 bridgehead atoms. The molecule has 2 atom stereocenters. The van der Waals surface area contributed by atoms with E-state index in [2.05, 4.69) is 29.7 Å². The Bertz CT molecular complexity index is 540. The zero-order chi connectivity index (χ0) is 15.6. The molecule has 2 fully saturated rings. The van der Waals surface area contributed by atoms with Gasteiger partial charge in [0, 0.05) is 31.3 Å². The van der Waals surface area contributed by atoms with Gasteiger partial charge < -0.3 is 15.4 Å². The molecule has 1 saturated heterocycles. The van der Waals surface area contributed by atoms with Crippen molar-refractivity contribution in [3.63, 3.8) is 0 Å². The van der Waals surface area contributed by atoms with E-state index < -0.39 is 0 Å². The molecule has 1 heterocycles. The first-order valence-corrected chi connectivity index (χ1v) is 8.34. The zero-order valence-electron chi connectivity index (χ0n) is 13.5. The Labute approximate surface area is 132 Å². The van der Waals surface area contributed by atoms with Crippen molar-refractivity contribution in [2.75, 3.05) is 11.9 Å². The fourth-order valence-electron chi connectivity index (χ4n) is 3.63. The third-order valence-electron chi connectivity index (χ3n) is 4.95. The predicted molar refractivity (Wildman–Crippen MR) is 87.9 cm³/mol. The molecule has 120 valence electrons. The highest BCUT2D eigenvalue weighted by Crippen LogP contribution is 2.42. The fraction of sp³-hybridized carbons (Fsp3) is 0.611. The highest BCUT2D eigenvalue weighted by molar-refractivity contribution is 5.88. The number of rotatable bonds is 4. The largest absolute Gasteiger partial charge is 0.375 e. The van der Waals surface area contributed by atoms with Crippen molar-refractivity contribution in [2.24, 2.45) is 0 Å². The second kappa shape index (κ2) is 6.39. The molecule has 0 radical (unpaired) electrons. The van der Waals surface area contributed by atoms with Crippen LogP contribution in [0.3, 0.4) is 0 Å². The van der Waals surface area contributed by atoms with E-state index >= 15 is 0 Å². The lowest BCUT2D eigenvalue weighted by Gasteiger charge is -2.47. The average molecular weight is 302 g/mol. The summed E-state index contributed by atoms with van der Waals surface area (Å²) in [6.07, 6.45) is 5.95. The van der Waals surface area contributed by atoms with Crippen LogP contribution >= 0.6 is 0 Å². The molecule has 4 nitrogen and oxygen atoms in total. The summed E-state index contributed by atoms with van der Waals surface area (Å²) < 4.78 is 5.99. The first kappa shape index (κ1) is 15.5. The standard InChI is InChI=1S/C18H26N2O2/c1-13(15-5-3-6-16(11-15)20-14(2)21)19-17-7-10-22-18(12-17)8-4-9-18/h3,5-6,11,13,17,19H,4,7-10,12H2,1-2H3,(H,20,21)/t13-,17-/m1/s1. The highest BCUT2D eigenvalue weighted by Gasteiger charge is 2.42. The van der Waals surface area contributed by atoms with Gasteiger partial charge in [-0.25, -0.2) is 0 Å². The first-order chi connectivity index (χ1) is 10.6. The number of nitrogens with one attached hydrogen (secondary N) is 2. The van der Waals surface area contributed by atoms with Crippen LogP contribution in [0, 0.1) is 0 Å². The van der Waals surface area contributed by atoms with E-state index in [-0.39, 0.29) is 17.6 Å². The summed E-state index contributed by atoms with van der Waals surface area (Å²) in [6.45, 7) is 4.60. The van der Waals surface area contributed by atoms with E-state index in [1.165, 1.54) is 31.7 Å². The van der Waals surface area contributed by atoms with Gasteiger partial charge in [0.05, 0.1) is 5.60 Å². The fourth-order valence-corrected chi connectivity index (χ4v) is 3.63. The smallest absolute Gasteiger partial charge is 0.221 e. The number of benzene rings is 1. The summed E-state index contributed by atoms with van der Waals surface area (Å²) >= 11 is 0. The van der Waals surface area contributed by atoms with Crippen molar-refractivity contribution < 1.29 is 9.53 Å². The average Bonchev–Trinajstić information content (AvgIpc) is 2.45. The van der Waals surface area contributed by atoms with Gasteiger partial charge >= 0.3 is 0 Å². The number of amides is 1. The van der Waals surface area contributed by atoms with Crippen LogP contribution in [0.15, 0.2) is 24.3 Å². The van der Waals surface area contributed by atoms with E-state index in [9.17, 15) is 4.79 Å². The molecule has 1 saturated carbocycles. The second-order valence-corrected chi connectivity index (χ2v) is 6.77. The van der Waals surface area contributed by atoms with Gasteiger partial charge in [0.1, 0.15) is 0 Å². The molecule has 0 unspecified atom stereocenters. The summed E-state index contributed by atoms with van der Waals surface area (Å²) in [4.78, 5) is 11.2. The van der Waals surface area contributed by atoms with Gasteiger partial charge in [-0.2, -0.15) is 0 Å². The van der Waals surface area contributed by atoms with Gasteiger partial charge in [0.2, 0.25) is 5.91 Å². The lowest BCUT2D eigenvalue weighted by atomic mass is 9.74. The number of carbonyl (C=O) groups is 1. The second-order valence-electron chi connectivity index (χ2n) is 6.77. The Kier molecular flexibility index (Phi) is 4.50. The van der Waals surface area contributed by atoms with Crippen molar-refractivity contribution in [1.82, 2.24) is 5.32 Å². The zero-order valence-corrected chi connectivity index (χ0v) is 13.5. The van der Waals surface area contributed by atoms with E-state index in [1.807, 2.05) is 12.1 Å². The van der Waals surface area contributed by atoms with Crippen LogP contribution < -0.4 is 10.6 Å². The van der Waals surface area contributed by atoms with Crippen LogP contribution in [0.4, 0.5) is 5.69 Å². The molecule has 1 aromatic carbocycles. The predicted octanol–water partition coefficient (Wildman–Crippen LogP) is 3.40. The molecule has 1 aliphatic heterocycles. The van der Waals surface area contributed by atoms with Gasteiger partial charge in [0.25, 0.3) is 0 Å². The number of hydrogen-bond donors (Lipinski definition) is 2. The van der Waals surface area contributed by atoms with E-state index in [4.69, 9.17) is 4.74 Å². The lowest BCUT2D eigenvalue weighted by Crippen LogP contribution is -2.51.